The molecule has 0 atom stereocenters. The summed E-state index contributed by atoms with van der Waals surface area (Å²) < 4.78 is 79.8. The molecule has 304 valence electrons. The minimum Gasteiger partial charge on any atom is -0.184 e. The zero-order valence-corrected chi connectivity index (χ0v) is 38.0. The van der Waals surface area contributed by atoms with E-state index in [4.69, 9.17) is 0 Å². The molecule has 8 aromatic rings. The number of fused-ring (bicyclic) bond motifs is 5. The number of hydrogen-bond donors (Lipinski definition) is 0. The molecule has 1 heterocycles. The van der Waals surface area contributed by atoms with Gasteiger partial charge in [-0.05, 0) is 36.1 Å². The van der Waals surface area contributed by atoms with Gasteiger partial charge in [-0.1, -0.05) is 134 Å². The maximum atomic E-state index is 13.3. The quantitative estimate of drug-likeness (QED) is 0.0808. The molecule has 1 aliphatic heterocycles. The average molecular weight is 988 g/mol. The smallest absolute Gasteiger partial charge is 0.184 e. The van der Waals surface area contributed by atoms with E-state index in [1.54, 1.807) is 36.4 Å². The largest absolute Gasteiger partial charge is 0.416 e. The van der Waals surface area contributed by atoms with Crippen molar-refractivity contribution in [3.8, 4) is 33.4 Å². The minimum atomic E-state index is -4.35. The van der Waals surface area contributed by atoms with Crippen molar-refractivity contribution in [2.45, 2.75) is 64.7 Å². The van der Waals surface area contributed by atoms with E-state index < -0.39 is 23.5 Å². The van der Waals surface area contributed by atoms with Crippen LogP contribution in [0.15, 0.2) is 152 Å². The van der Waals surface area contributed by atoms with E-state index >= 15 is 0 Å². The number of halogens is 6. The minimum absolute atomic E-state index is 0. The fraction of sp³-hybridized carbons (Fsp3) is 0.192. The van der Waals surface area contributed by atoms with E-state index in [-0.39, 0.29) is 37.0 Å². The molecule has 0 aliphatic carbocycles. The van der Waals surface area contributed by atoms with Gasteiger partial charge in [0.05, 0.1) is 20.6 Å². The first-order chi connectivity index (χ1) is 28.5. The summed E-state index contributed by atoms with van der Waals surface area (Å²) in [5.41, 5.74) is 5.79. The van der Waals surface area contributed by atoms with Crippen molar-refractivity contribution >= 4 is 41.4 Å². The Hall–Kier alpha value is -4.79. The first-order valence-corrected chi connectivity index (χ1v) is 21.0. The van der Waals surface area contributed by atoms with Crippen LogP contribution >= 0.6 is 0 Å². The van der Waals surface area contributed by atoms with Crippen LogP contribution in [-0.2, 0) is 51.0 Å². The Morgan fingerprint density at radius 3 is 1.42 bits per heavy atom. The van der Waals surface area contributed by atoms with Crippen LogP contribution in [0.25, 0.3) is 54.9 Å². The molecule has 0 N–H and O–H groups in total. The Kier molecular flexibility index (Phi) is 14.7. The van der Waals surface area contributed by atoms with Crippen molar-refractivity contribution in [2.24, 2.45) is 0 Å². The first kappa shape index (κ1) is 44.8. The number of alkyl halides is 6. The van der Waals surface area contributed by atoms with Gasteiger partial charge < -0.3 is 0 Å². The average Bonchev–Trinajstić information content (AvgIpc) is 3.97. The molecule has 0 saturated heterocycles. The molecule has 0 unspecified atom stereocenters. The van der Waals surface area contributed by atoms with Gasteiger partial charge in [0.1, 0.15) is 0 Å². The summed E-state index contributed by atoms with van der Waals surface area (Å²) in [5.74, 6) is 0. The molecule has 0 bridgehead atoms. The van der Waals surface area contributed by atoms with Crippen molar-refractivity contribution in [2.75, 3.05) is 0 Å². The second-order valence-corrected chi connectivity index (χ2v) is 16.1. The number of unbranched alkanes of at least 4 members (excludes halogenated alkanes) is 2. The monoisotopic (exact) mass is 989 g/mol. The molecule has 0 saturated carbocycles. The van der Waals surface area contributed by atoms with Crippen LogP contribution in [0.3, 0.4) is 0 Å². The third-order valence-corrected chi connectivity index (χ3v) is 12.0. The van der Waals surface area contributed by atoms with E-state index in [1.807, 2.05) is 42.5 Å². The molecule has 0 fully saturated rings. The van der Waals surface area contributed by atoms with Crippen molar-refractivity contribution in [3.63, 3.8) is 0 Å². The van der Waals surface area contributed by atoms with Crippen molar-refractivity contribution in [1.82, 2.24) is 0 Å². The molecule has 0 nitrogen and oxygen atoms in total. The Bertz CT molecular complexity index is 2480. The summed E-state index contributed by atoms with van der Waals surface area (Å²) in [7, 11) is 0.795. The summed E-state index contributed by atoms with van der Waals surface area (Å²) in [5, 5.41) is 6.63. The van der Waals surface area contributed by atoms with E-state index in [0.29, 0.717) is 11.1 Å². The molecule has 60 heavy (non-hydrogen) atoms. The van der Waals surface area contributed by atoms with E-state index in [1.165, 1.54) is 44.8 Å². The number of rotatable bonds is 8. The predicted octanol–water partition coefficient (Wildman–Crippen LogP) is 14.3. The van der Waals surface area contributed by atoms with Crippen molar-refractivity contribution in [1.29, 1.82) is 0 Å². The third kappa shape index (κ3) is 10.2. The molecular weight excluding hydrogens is 945 g/mol. The molecule has 8 aromatic carbocycles. The van der Waals surface area contributed by atoms with Gasteiger partial charge in [0.25, 0.3) is 0 Å². The standard InChI is InChI=1S/2C20H18F3.C12H7Si.Hf/c2*1-2-3-7-14-12-15-8-6-10-16(18(15)13-14)17-9-4-5-11-19(17)20(21,22)23;1-3-7-11-9(5-1)10-6-2-4-8-12(10)13-11;/h2*4-6,8-13H,2-3,7H2,1H3;1-7H;/q3*-1;. The summed E-state index contributed by atoms with van der Waals surface area (Å²) >= 11 is 0. The fourth-order valence-electron chi connectivity index (χ4n) is 7.77. The molecule has 0 amide bonds. The van der Waals surface area contributed by atoms with Crippen LogP contribution in [0.1, 0.15) is 61.8 Å². The van der Waals surface area contributed by atoms with Gasteiger partial charge in [-0.3, -0.25) is 0 Å². The second kappa shape index (κ2) is 19.7. The maximum Gasteiger partial charge on any atom is 0.416 e. The molecule has 8 heteroatoms. The number of hydrogen-bond acceptors (Lipinski definition) is 0. The van der Waals surface area contributed by atoms with Crippen LogP contribution in [0, 0.1) is 6.07 Å². The first-order valence-electron chi connectivity index (χ1n) is 20.0. The zero-order valence-electron chi connectivity index (χ0n) is 33.4. The van der Waals surface area contributed by atoms with Crippen molar-refractivity contribution < 1.29 is 52.2 Å². The normalized spacial score (nSPS) is 11.9. The molecule has 0 spiro atoms. The van der Waals surface area contributed by atoms with E-state index in [9.17, 15) is 26.3 Å². The molecular formula is C52H43F6HfSi-3. The van der Waals surface area contributed by atoms with Gasteiger partial charge in [0.2, 0.25) is 0 Å². The number of benzene rings is 6. The van der Waals surface area contributed by atoms with Gasteiger partial charge in [0, 0.05) is 25.8 Å². The van der Waals surface area contributed by atoms with E-state index in [0.717, 1.165) is 81.7 Å². The van der Waals surface area contributed by atoms with Gasteiger partial charge in [-0.25, -0.2) is 0 Å². The summed E-state index contributed by atoms with van der Waals surface area (Å²) in [4.78, 5) is 0. The predicted molar refractivity (Wildman–Crippen MR) is 233 cm³/mol. The van der Waals surface area contributed by atoms with E-state index in [2.05, 4.69) is 68.4 Å². The summed E-state index contributed by atoms with van der Waals surface area (Å²) in [6, 6.07) is 49.1. The molecule has 2 radical (unpaired) electrons. The Labute approximate surface area is 369 Å². The maximum absolute atomic E-state index is 13.3. The Morgan fingerprint density at radius 1 is 0.500 bits per heavy atom. The Morgan fingerprint density at radius 2 is 0.933 bits per heavy atom. The zero-order chi connectivity index (χ0) is 41.6. The van der Waals surface area contributed by atoms with Gasteiger partial charge >= 0.3 is 12.4 Å². The summed E-state index contributed by atoms with van der Waals surface area (Å²) in [6.07, 6.45) is -2.39. The molecule has 9 rings (SSSR count). The second-order valence-electron chi connectivity index (χ2n) is 14.8. The fourth-order valence-corrected chi connectivity index (χ4v) is 9.08. The van der Waals surface area contributed by atoms with Crippen LogP contribution in [0.2, 0.25) is 0 Å². The number of aryl methyl sites for hydroxylation is 2. The molecule has 1 aliphatic rings. The van der Waals surface area contributed by atoms with Crippen LogP contribution < -0.4 is 10.4 Å². The van der Waals surface area contributed by atoms with Crippen LogP contribution in [0.5, 0.6) is 0 Å². The van der Waals surface area contributed by atoms with Gasteiger partial charge in [-0.15, -0.1) is 74.6 Å². The van der Waals surface area contributed by atoms with Crippen LogP contribution in [-0.4, -0.2) is 9.52 Å². The van der Waals surface area contributed by atoms with Gasteiger partial charge in [0.15, 0.2) is 0 Å². The van der Waals surface area contributed by atoms with Gasteiger partial charge in [-0.2, -0.15) is 67.9 Å². The topological polar surface area (TPSA) is 0 Å². The summed E-state index contributed by atoms with van der Waals surface area (Å²) in [6.45, 7) is 4.27. The molecule has 0 aromatic heterocycles. The Balaban J connectivity index is 0.000000155. The van der Waals surface area contributed by atoms with Crippen LogP contribution in [0.4, 0.5) is 26.3 Å². The SMILES string of the molecule is CCCCc1cc2c(-c3ccccc3C(F)(F)F)cccc2[cH-]1.CCCCc1cc2c(-c3ccccc3C(F)(F)F)cccc2[cH-]1.[Hf].[c-]1cccc2c1[Si]c1ccccc1-2. The van der Waals surface area contributed by atoms with Crippen molar-refractivity contribution in [3.05, 3.63) is 180 Å². The third-order valence-electron chi connectivity index (χ3n) is 10.6.